The summed E-state index contributed by atoms with van der Waals surface area (Å²) < 4.78 is 12.3. The van der Waals surface area contributed by atoms with Gasteiger partial charge in [-0.2, -0.15) is 0 Å². The van der Waals surface area contributed by atoms with Gasteiger partial charge in [0.15, 0.2) is 4.83 Å². The second kappa shape index (κ2) is 7.78. The fourth-order valence-corrected chi connectivity index (χ4v) is 5.17. The average molecular weight is 414 g/mol. The maximum absolute atomic E-state index is 13.1. The number of aromatic nitrogens is 3. The zero-order valence-electron chi connectivity index (χ0n) is 17.4. The second-order valence-electron chi connectivity index (χ2n) is 8.63. The Bertz CT molecular complexity index is 1060. The number of methoxy groups -OCH3 is 1. The molecule has 1 aromatic carbocycles. The summed E-state index contributed by atoms with van der Waals surface area (Å²) in [6, 6.07) is 7.38. The van der Waals surface area contributed by atoms with E-state index in [9.17, 15) is 4.79 Å². The summed E-state index contributed by atoms with van der Waals surface area (Å²) in [4.78, 5) is 15.1. The Hall–Kier alpha value is -2.41. The predicted octanol–water partition coefficient (Wildman–Crippen LogP) is 4.09. The van der Waals surface area contributed by atoms with Gasteiger partial charge in [-0.25, -0.2) is 4.68 Å². The molecule has 0 unspecified atom stereocenters. The van der Waals surface area contributed by atoms with Crippen LogP contribution in [-0.2, 0) is 19.4 Å². The molecule has 0 amide bonds. The normalized spacial score (nSPS) is 16.6. The molecule has 1 atom stereocenters. The molecule has 2 heterocycles. The van der Waals surface area contributed by atoms with Crippen molar-refractivity contribution >= 4 is 21.6 Å². The Morgan fingerprint density at radius 3 is 2.62 bits per heavy atom. The highest BCUT2D eigenvalue weighted by molar-refractivity contribution is 7.18. The Labute approximate surface area is 174 Å². The van der Waals surface area contributed by atoms with Gasteiger partial charge in [-0.15, -0.1) is 16.4 Å². The molecule has 0 fully saturated rings. The minimum absolute atomic E-state index is 0.0555. The van der Waals surface area contributed by atoms with Crippen LogP contribution >= 0.6 is 11.3 Å². The summed E-state index contributed by atoms with van der Waals surface area (Å²) in [6.07, 6.45) is 3.09. The lowest BCUT2D eigenvalue weighted by Crippen LogP contribution is -2.28. The maximum atomic E-state index is 13.1. The molecule has 0 saturated carbocycles. The van der Waals surface area contributed by atoms with Crippen molar-refractivity contribution in [2.24, 2.45) is 11.3 Å². The van der Waals surface area contributed by atoms with Crippen molar-refractivity contribution in [1.29, 1.82) is 0 Å². The number of ether oxygens (including phenoxy) is 2. The van der Waals surface area contributed by atoms with Crippen molar-refractivity contribution in [3.05, 3.63) is 45.1 Å². The third-order valence-corrected chi connectivity index (χ3v) is 6.93. The summed E-state index contributed by atoms with van der Waals surface area (Å²) >= 11 is 1.64. The van der Waals surface area contributed by atoms with Crippen LogP contribution in [0.5, 0.6) is 11.5 Å². The minimum atomic E-state index is -0.0555. The van der Waals surface area contributed by atoms with Crippen molar-refractivity contribution < 1.29 is 9.47 Å². The van der Waals surface area contributed by atoms with Crippen LogP contribution in [0, 0.1) is 11.3 Å². The van der Waals surface area contributed by atoms with Gasteiger partial charge >= 0.3 is 0 Å². The molecule has 29 heavy (non-hydrogen) atoms. The lowest BCUT2D eigenvalue weighted by molar-refractivity contribution is 0.218. The Kier molecular flexibility index (Phi) is 5.34. The first kappa shape index (κ1) is 19.9. The van der Waals surface area contributed by atoms with Crippen molar-refractivity contribution in [3.8, 4) is 11.5 Å². The smallest absolute Gasteiger partial charge is 0.278 e. The fraction of sp³-hybridized carbons (Fsp3) is 0.500. The molecule has 7 heteroatoms. The van der Waals surface area contributed by atoms with Crippen LogP contribution in [0.1, 0.15) is 37.6 Å². The first-order chi connectivity index (χ1) is 13.9. The lowest BCUT2D eigenvalue weighted by Gasteiger charge is -2.33. The van der Waals surface area contributed by atoms with E-state index in [2.05, 4.69) is 31.1 Å². The Morgan fingerprint density at radius 1 is 1.21 bits per heavy atom. The Balaban J connectivity index is 1.51. The molecular formula is C22H27N3O3S. The van der Waals surface area contributed by atoms with Crippen LogP contribution in [0.4, 0.5) is 0 Å². The van der Waals surface area contributed by atoms with Gasteiger partial charge in [-0.1, -0.05) is 26.0 Å². The lowest BCUT2D eigenvalue weighted by atomic mass is 9.72. The molecule has 0 aliphatic heterocycles. The molecule has 0 N–H and O–H groups in total. The van der Waals surface area contributed by atoms with E-state index in [1.54, 1.807) is 18.4 Å². The third-order valence-electron chi connectivity index (χ3n) is 5.79. The molecule has 0 radical (unpaired) electrons. The summed E-state index contributed by atoms with van der Waals surface area (Å²) in [6.45, 7) is 7.61. The van der Waals surface area contributed by atoms with Gasteiger partial charge in [0, 0.05) is 4.88 Å². The van der Waals surface area contributed by atoms with E-state index in [4.69, 9.17) is 9.47 Å². The largest absolute Gasteiger partial charge is 0.497 e. The molecule has 3 aromatic rings. The number of nitrogens with zero attached hydrogens (tertiary/aromatic N) is 3. The third kappa shape index (κ3) is 4.01. The van der Waals surface area contributed by atoms with Crippen molar-refractivity contribution in [1.82, 2.24) is 15.0 Å². The number of hydrogen-bond acceptors (Lipinski definition) is 6. The van der Waals surface area contributed by atoms with Gasteiger partial charge < -0.3 is 9.47 Å². The Morgan fingerprint density at radius 2 is 1.93 bits per heavy atom. The van der Waals surface area contributed by atoms with E-state index >= 15 is 0 Å². The van der Waals surface area contributed by atoms with E-state index in [1.165, 1.54) is 15.1 Å². The first-order valence-electron chi connectivity index (χ1n) is 10.0. The topological polar surface area (TPSA) is 66.2 Å². The second-order valence-corrected chi connectivity index (χ2v) is 9.72. The fourth-order valence-electron chi connectivity index (χ4n) is 3.93. The predicted molar refractivity (Wildman–Crippen MR) is 115 cm³/mol. The standard InChI is InChI=1S/C22H27N3O3S/c1-22(2,3)14-5-10-17-18(13-14)29-20-19(17)21(26)25(24-23-20)11-12-28-16-8-6-15(27-4)7-9-16/h6-9,14H,5,10-13H2,1-4H3/t14-/m1/s1. The zero-order valence-corrected chi connectivity index (χ0v) is 18.2. The quantitative estimate of drug-likeness (QED) is 0.630. The molecule has 6 nitrogen and oxygen atoms in total. The molecule has 1 aliphatic carbocycles. The van der Waals surface area contributed by atoms with Crippen LogP contribution in [0.25, 0.3) is 10.2 Å². The van der Waals surface area contributed by atoms with E-state index < -0.39 is 0 Å². The van der Waals surface area contributed by atoms with Crippen LogP contribution in [0.2, 0.25) is 0 Å². The number of aryl methyl sites for hydroxylation is 1. The average Bonchev–Trinajstić information content (AvgIpc) is 3.08. The molecule has 0 saturated heterocycles. The van der Waals surface area contributed by atoms with E-state index in [0.717, 1.165) is 41.0 Å². The number of thiophene rings is 1. The van der Waals surface area contributed by atoms with Crippen LogP contribution in [-0.4, -0.2) is 28.7 Å². The van der Waals surface area contributed by atoms with Gasteiger partial charge in [0.25, 0.3) is 5.56 Å². The van der Waals surface area contributed by atoms with Gasteiger partial charge in [-0.05, 0) is 60.4 Å². The van der Waals surface area contributed by atoms with Crippen LogP contribution < -0.4 is 15.0 Å². The molecule has 0 spiro atoms. The van der Waals surface area contributed by atoms with Crippen molar-refractivity contribution in [3.63, 3.8) is 0 Å². The van der Waals surface area contributed by atoms with E-state index in [1.807, 2.05) is 24.3 Å². The van der Waals surface area contributed by atoms with Gasteiger partial charge in [0.1, 0.15) is 18.1 Å². The van der Waals surface area contributed by atoms with Crippen LogP contribution in [0.3, 0.4) is 0 Å². The van der Waals surface area contributed by atoms with Gasteiger partial charge in [0.2, 0.25) is 0 Å². The molecule has 0 bridgehead atoms. The monoisotopic (exact) mass is 413 g/mol. The number of benzene rings is 1. The molecule has 1 aliphatic rings. The highest BCUT2D eigenvalue weighted by Crippen LogP contribution is 2.41. The number of rotatable bonds is 5. The van der Waals surface area contributed by atoms with E-state index in [-0.39, 0.29) is 11.0 Å². The first-order valence-corrected chi connectivity index (χ1v) is 10.8. The SMILES string of the molecule is COc1ccc(OCCn2nnc3sc4c(c3c2=O)CC[C@@H](C(C)(C)C)C4)cc1. The highest BCUT2D eigenvalue weighted by atomic mass is 32.1. The van der Waals surface area contributed by atoms with Crippen molar-refractivity contribution in [2.45, 2.75) is 46.6 Å². The maximum Gasteiger partial charge on any atom is 0.278 e. The van der Waals surface area contributed by atoms with Crippen molar-refractivity contribution in [2.75, 3.05) is 13.7 Å². The van der Waals surface area contributed by atoms with Crippen LogP contribution in [0.15, 0.2) is 29.1 Å². The van der Waals surface area contributed by atoms with E-state index in [0.29, 0.717) is 19.1 Å². The number of fused-ring (bicyclic) bond motifs is 3. The summed E-state index contributed by atoms with van der Waals surface area (Å²) in [5.41, 5.74) is 1.41. The molecule has 2 aromatic heterocycles. The minimum Gasteiger partial charge on any atom is -0.497 e. The summed E-state index contributed by atoms with van der Waals surface area (Å²) in [5, 5.41) is 9.24. The highest BCUT2D eigenvalue weighted by Gasteiger charge is 2.31. The van der Waals surface area contributed by atoms with Gasteiger partial charge in [-0.3, -0.25) is 4.79 Å². The number of hydrogen-bond donors (Lipinski definition) is 0. The van der Waals surface area contributed by atoms with Gasteiger partial charge in [0.05, 0.1) is 19.0 Å². The zero-order chi connectivity index (χ0) is 20.6. The summed E-state index contributed by atoms with van der Waals surface area (Å²) in [7, 11) is 1.63. The summed E-state index contributed by atoms with van der Waals surface area (Å²) in [5.74, 6) is 2.14. The molecule has 4 rings (SSSR count). The molecule has 154 valence electrons. The molecular weight excluding hydrogens is 386 g/mol.